The molecule has 1 saturated carbocycles. The van der Waals surface area contributed by atoms with Gasteiger partial charge in [0.25, 0.3) is 0 Å². The van der Waals surface area contributed by atoms with Crippen molar-refractivity contribution in [2.45, 2.75) is 25.7 Å². The van der Waals surface area contributed by atoms with E-state index in [1.165, 1.54) is 60.7 Å². The fraction of sp³-hybridized carbons (Fsp3) is 0.875. The minimum atomic E-state index is -0.723. The molecule has 2 unspecified atom stereocenters. The van der Waals surface area contributed by atoms with E-state index in [4.69, 9.17) is 10.2 Å². The van der Waals surface area contributed by atoms with Gasteiger partial charge in [-0.1, -0.05) is 6.42 Å². The summed E-state index contributed by atoms with van der Waals surface area (Å²) >= 11 is 6.95. The van der Waals surface area contributed by atoms with E-state index in [2.05, 4.69) is 0 Å². The topological polar surface area (TPSA) is 74.6 Å². The van der Waals surface area contributed by atoms with Crippen LogP contribution >= 0.6 is 47.0 Å². The van der Waals surface area contributed by atoms with Crippen LogP contribution in [0.15, 0.2) is 0 Å². The summed E-state index contributed by atoms with van der Waals surface area (Å²) in [5.41, 5.74) is 0. The standard InChI is InChI=1S/C16H28O4S4/c17-15(18)11-23-6-4-21-9-13-2-1-3-14(8-13)10-22-5-7-24-12-16(19)20/h13-14H,1-12H2,(H,17,18)(H,19,20). The Balaban J connectivity index is 1.99. The van der Waals surface area contributed by atoms with Gasteiger partial charge in [0.1, 0.15) is 0 Å². The van der Waals surface area contributed by atoms with Crippen LogP contribution in [0.2, 0.25) is 0 Å². The zero-order valence-corrected chi connectivity index (χ0v) is 17.2. The summed E-state index contributed by atoms with van der Waals surface area (Å²) < 4.78 is 0. The number of rotatable bonds is 14. The van der Waals surface area contributed by atoms with Crippen molar-refractivity contribution in [3.63, 3.8) is 0 Å². The maximum absolute atomic E-state index is 10.4. The van der Waals surface area contributed by atoms with Crippen LogP contribution in [0.1, 0.15) is 25.7 Å². The second kappa shape index (κ2) is 14.5. The normalized spacial score (nSPS) is 20.8. The highest BCUT2D eigenvalue weighted by Crippen LogP contribution is 2.33. The molecule has 1 aliphatic rings. The van der Waals surface area contributed by atoms with Gasteiger partial charge in [-0.3, -0.25) is 9.59 Å². The molecular formula is C16H28O4S4. The van der Waals surface area contributed by atoms with Gasteiger partial charge in [-0.25, -0.2) is 0 Å². The molecule has 4 nitrogen and oxygen atoms in total. The maximum atomic E-state index is 10.4. The van der Waals surface area contributed by atoms with Crippen molar-refractivity contribution in [1.82, 2.24) is 0 Å². The zero-order chi connectivity index (χ0) is 17.6. The molecule has 1 aliphatic carbocycles. The Hall–Kier alpha value is 0.340. The van der Waals surface area contributed by atoms with Gasteiger partial charge in [-0.15, -0.1) is 23.5 Å². The molecule has 0 aromatic heterocycles. The Bertz CT molecular complexity index is 336. The number of carbonyl (C=O) groups is 2. The molecule has 0 aromatic rings. The second-order valence-electron chi connectivity index (χ2n) is 5.94. The summed E-state index contributed by atoms with van der Waals surface area (Å²) in [5, 5.41) is 17.2. The quantitative estimate of drug-likeness (QED) is 0.416. The molecule has 2 atom stereocenters. The summed E-state index contributed by atoms with van der Waals surface area (Å²) in [6.45, 7) is 0. The van der Waals surface area contributed by atoms with Crippen LogP contribution < -0.4 is 0 Å². The lowest BCUT2D eigenvalue weighted by atomic mass is 9.83. The highest BCUT2D eigenvalue weighted by Gasteiger charge is 2.21. The summed E-state index contributed by atoms with van der Waals surface area (Å²) in [7, 11) is 0. The smallest absolute Gasteiger partial charge is 0.313 e. The fourth-order valence-corrected chi connectivity index (χ4v) is 6.89. The van der Waals surface area contributed by atoms with E-state index < -0.39 is 11.9 Å². The van der Waals surface area contributed by atoms with Crippen molar-refractivity contribution in [1.29, 1.82) is 0 Å². The molecule has 0 saturated heterocycles. The fourth-order valence-electron chi connectivity index (χ4n) is 2.76. The summed E-state index contributed by atoms with van der Waals surface area (Å²) in [6.07, 6.45) is 5.33. The lowest BCUT2D eigenvalue weighted by Crippen LogP contribution is -2.19. The van der Waals surface area contributed by atoms with Crippen LogP contribution in [0.3, 0.4) is 0 Å². The predicted octanol–water partition coefficient (Wildman–Crippen LogP) is 3.89. The molecular weight excluding hydrogens is 384 g/mol. The van der Waals surface area contributed by atoms with Crippen molar-refractivity contribution < 1.29 is 19.8 Å². The van der Waals surface area contributed by atoms with Crippen LogP contribution in [-0.2, 0) is 9.59 Å². The van der Waals surface area contributed by atoms with Crippen molar-refractivity contribution >= 4 is 59.0 Å². The molecule has 0 radical (unpaired) electrons. The molecule has 1 rings (SSSR count). The number of aliphatic carboxylic acids is 2. The highest BCUT2D eigenvalue weighted by atomic mass is 32.2. The molecule has 0 aliphatic heterocycles. The average Bonchev–Trinajstić information content (AvgIpc) is 2.54. The first-order valence-corrected chi connectivity index (χ1v) is 12.9. The molecule has 0 aromatic carbocycles. The van der Waals surface area contributed by atoms with E-state index in [0.717, 1.165) is 34.8 Å². The summed E-state index contributed by atoms with van der Waals surface area (Å²) in [5.74, 6) is 7.00. The zero-order valence-electron chi connectivity index (χ0n) is 14.0. The Morgan fingerprint density at radius 1 is 0.750 bits per heavy atom. The van der Waals surface area contributed by atoms with E-state index in [1.807, 2.05) is 23.5 Å². The van der Waals surface area contributed by atoms with Gasteiger partial charge < -0.3 is 10.2 Å². The van der Waals surface area contributed by atoms with Gasteiger partial charge in [0, 0.05) is 23.0 Å². The molecule has 0 amide bonds. The van der Waals surface area contributed by atoms with E-state index in [1.54, 1.807) is 0 Å². The maximum Gasteiger partial charge on any atom is 0.313 e. The van der Waals surface area contributed by atoms with Crippen molar-refractivity contribution in [2.75, 3.05) is 46.0 Å². The first-order chi connectivity index (χ1) is 11.6. The summed E-state index contributed by atoms with van der Waals surface area (Å²) in [4.78, 5) is 20.9. The Kier molecular flexibility index (Phi) is 13.5. The molecule has 0 bridgehead atoms. The highest BCUT2D eigenvalue weighted by molar-refractivity contribution is 8.03. The van der Waals surface area contributed by atoms with E-state index >= 15 is 0 Å². The molecule has 0 heterocycles. The predicted molar refractivity (Wildman–Crippen MR) is 110 cm³/mol. The van der Waals surface area contributed by atoms with Gasteiger partial charge in [0.15, 0.2) is 0 Å². The van der Waals surface area contributed by atoms with Crippen molar-refractivity contribution in [3.05, 3.63) is 0 Å². The minimum Gasteiger partial charge on any atom is -0.481 e. The lowest BCUT2D eigenvalue weighted by Gasteiger charge is -2.28. The van der Waals surface area contributed by atoms with Gasteiger partial charge >= 0.3 is 11.9 Å². The first-order valence-electron chi connectivity index (χ1n) is 8.32. The third-order valence-electron chi connectivity index (χ3n) is 3.79. The largest absolute Gasteiger partial charge is 0.481 e. The number of carboxylic acids is 2. The van der Waals surface area contributed by atoms with Crippen LogP contribution in [0, 0.1) is 11.8 Å². The number of hydrogen-bond donors (Lipinski definition) is 2. The molecule has 8 heteroatoms. The second-order valence-corrected chi connectivity index (χ2v) is 10.5. The third kappa shape index (κ3) is 12.7. The third-order valence-corrected chi connectivity index (χ3v) is 8.60. The van der Waals surface area contributed by atoms with Crippen LogP contribution in [0.5, 0.6) is 0 Å². The van der Waals surface area contributed by atoms with E-state index in [0.29, 0.717) is 0 Å². The SMILES string of the molecule is O=C(O)CSCCSCC1CCCC(CSCCSCC(=O)O)C1. The Morgan fingerprint density at radius 3 is 1.58 bits per heavy atom. The van der Waals surface area contributed by atoms with Crippen molar-refractivity contribution in [2.24, 2.45) is 11.8 Å². The first kappa shape index (κ1) is 22.4. The minimum absolute atomic E-state index is 0.216. The number of thioether (sulfide) groups is 4. The Morgan fingerprint density at radius 2 is 1.17 bits per heavy atom. The Labute approximate surface area is 162 Å². The molecule has 0 spiro atoms. The van der Waals surface area contributed by atoms with E-state index in [9.17, 15) is 9.59 Å². The number of hydrogen-bond acceptors (Lipinski definition) is 6. The van der Waals surface area contributed by atoms with Gasteiger partial charge in [0.05, 0.1) is 11.5 Å². The van der Waals surface area contributed by atoms with Crippen LogP contribution in [-0.4, -0.2) is 68.2 Å². The number of carboxylic acid groups (broad SMARTS) is 2. The monoisotopic (exact) mass is 412 g/mol. The molecule has 2 N–H and O–H groups in total. The van der Waals surface area contributed by atoms with Gasteiger partial charge in [-0.05, 0) is 42.6 Å². The average molecular weight is 413 g/mol. The molecule has 140 valence electrons. The molecule has 1 fully saturated rings. The lowest BCUT2D eigenvalue weighted by molar-refractivity contribution is -0.134. The van der Waals surface area contributed by atoms with Crippen LogP contribution in [0.25, 0.3) is 0 Å². The summed E-state index contributed by atoms with van der Waals surface area (Å²) in [6, 6.07) is 0. The molecule has 24 heavy (non-hydrogen) atoms. The van der Waals surface area contributed by atoms with Crippen LogP contribution in [0.4, 0.5) is 0 Å². The van der Waals surface area contributed by atoms with E-state index in [-0.39, 0.29) is 11.5 Å². The van der Waals surface area contributed by atoms with Crippen molar-refractivity contribution in [3.8, 4) is 0 Å². The van der Waals surface area contributed by atoms with Gasteiger partial charge in [0.2, 0.25) is 0 Å². The van der Waals surface area contributed by atoms with Gasteiger partial charge in [-0.2, -0.15) is 23.5 Å².